The molecule has 4 nitrogen and oxygen atoms in total. The van der Waals surface area contributed by atoms with Crippen molar-refractivity contribution in [2.45, 2.75) is 77.6 Å². The first-order chi connectivity index (χ1) is 11.1. The van der Waals surface area contributed by atoms with Gasteiger partial charge in [-0.05, 0) is 56.4 Å². The van der Waals surface area contributed by atoms with E-state index in [1.54, 1.807) is 0 Å². The Morgan fingerprint density at radius 3 is 2.26 bits per heavy atom. The number of carbonyl (C=O) groups excluding carboxylic acids is 1. The van der Waals surface area contributed by atoms with E-state index in [4.69, 9.17) is 10.5 Å². The molecule has 0 heterocycles. The summed E-state index contributed by atoms with van der Waals surface area (Å²) in [6.45, 7) is 5.11. The van der Waals surface area contributed by atoms with Crippen LogP contribution in [0, 0.1) is 10.8 Å². The monoisotopic (exact) mass is 324 g/mol. The summed E-state index contributed by atoms with van der Waals surface area (Å²) >= 11 is 0. The summed E-state index contributed by atoms with van der Waals surface area (Å²) in [7, 11) is 0. The van der Waals surface area contributed by atoms with Crippen molar-refractivity contribution in [3.8, 4) is 0 Å². The molecule has 0 aromatic rings. The predicted molar refractivity (Wildman–Crippen MR) is 94.2 cm³/mol. The molecule has 0 bridgehead atoms. The van der Waals surface area contributed by atoms with Crippen molar-refractivity contribution in [1.82, 2.24) is 5.32 Å². The molecule has 0 atom stereocenters. The fraction of sp³-hybridized carbons (Fsp3) is 0.947. The third-order valence-electron chi connectivity index (χ3n) is 6.19. The predicted octanol–water partition coefficient (Wildman–Crippen LogP) is 3.39. The van der Waals surface area contributed by atoms with Crippen LogP contribution in [0.15, 0.2) is 0 Å². The van der Waals surface area contributed by atoms with Crippen LogP contribution >= 0.6 is 0 Å². The van der Waals surface area contributed by atoms with Crippen LogP contribution in [0.5, 0.6) is 0 Å². The molecule has 0 aliphatic heterocycles. The van der Waals surface area contributed by atoms with Gasteiger partial charge in [-0.3, -0.25) is 4.79 Å². The number of rotatable bonds is 9. The Bertz CT molecular complexity index is 358. The smallest absolute Gasteiger partial charge is 0.220 e. The lowest BCUT2D eigenvalue weighted by Crippen LogP contribution is -2.42. The van der Waals surface area contributed by atoms with Crippen molar-refractivity contribution < 1.29 is 9.53 Å². The third kappa shape index (κ3) is 5.46. The van der Waals surface area contributed by atoms with Gasteiger partial charge in [0, 0.05) is 26.2 Å². The molecule has 2 aliphatic rings. The van der Waals surface area contributed by atoms with E-state index in [0.29, 0.717) is 13.0 Å². The summed E-state index contributed by atoms with van der Waals surface area (Å²) in [5.74, 6) is 0.208. The second-order valence-corrected chi connectivity index (χ2v) is 7.87. The molecule has 0 unspecified atom stereocenters. The standard InChI is InChI=1S/C19H36N2O2/c1-2-23-13-12-18(8-6-7-9-18)16-21-17(22)14-19(15-20)10-4-3-5-11-19/h2-16,20H2,1H3,(H,21,22). The number of ether oxygens (including phenoxy) is 1. The van der Waals surface area contributed by atoms with Gasteiger partial charge >= 0.3 is 0 Å². The van der Waals surface area contributed by atoms with E-state index in [-0.39, 0.29) is 16.7 Å². The lowest BCUT2D eigenvalue weighted by atomic mass is 9.71. The molecule has 0 spiro atoms. The van der Waals surface area contributed by atoms with Crippen molar-refractivity contribution in [3.63, 3.8) is 0 Å². The average molecular weight is 325 g/mol. The largest absolute Gasteiger partial charge is 0.382 e. The highest BCUT2D eigenvalue weighted by molar-refractivity contribution is 5.76. The molecule has 2 saturated carbocycles. The van der Waals surface area contributed by atoms with E-state index in [1.165, 1.54) is 44.9 Å². The van der Waals surface area contributed by atoms with E-state index >= 15 is 0 Å². The Hall–Kier alpha value is -0.610. The van der Waals surface area contributed by atoms with Crippen LogP contribution in [-0.2, 0) is 9.53 Å². The van der Waals surface area contributed by atoms with Gasteiger partial charge in [-0.25, -0.2) is 0 Å². The molecular formula is C19H36N2O2. The number of hydrogen-bond donors (Lipinski definition) is 2. The van der Waals surface area contributed by atoms with Crippen LogP contribution in [0.3, 0.4) is 0 Å². The van der Waals surface area contributed by atoms with Gasteiger partial charge in [-0.2, -0.15) is 0 Å². The second-order valence-electron chi connectivity index (χ2n) is 7.87. The van der Waals surface area contributed by atoms with Crippen LogP contribution in [0.2, 0.25) is 0 Å². The first kappa shape index (κ1) is 18.7. The Morgan fingerprint density at radius 1 is 1.04 bits per heavy atom. The Morgan fingerprint density at radius 2 is 1.65 bits per heavy atom. The molecule has 3 N–H and O–H groups in total. The van der Waals surface area contributed by atoms with Crippen molar-refractivity contribution in [1.29, 1.82) is 0 Å². The zero-order valence-corrected chi connectivity index (χ0v) is 15.0. The molecule has 23 heavy (non-hydrogen) atoms. The van der Waals surface area contributed by atoms with Gasteiger partial charge in [-0.15, -0.1) is 0 Å². The zero-order valence-electron chi connectivity index (χ0n) is 15.0. The van der Waals surface area contributed by atoms with Gasteiger partial charge < -0.3 is 15.8 Å². The van der Waals surface area contributed by atoms with E-state index in [9.17, 15) is 4.79 Å². The number of amides is 1. The van der Waals surface area contributed by atoms with E-state index < -0.39 is 0 Å². The van der Waals surface area contributed by atoms with Crippen LogP contribution in [-0.4, -0.2) is 32.2 Å². The van der Waals surface area contributed by atoms with Gasteiger partial charge in [0.2, 0.25) is 5.91 Å². The highest BCUT2D eigenvalue weighted by Gasteiger charge is 2.36. The van der Waals surface area contributed by atoms with Gasteiger partial charge in [0.25, 0.3) is 0 Å². The molecule has 134 valence electrons. The average Bonchev–Trinajstić information content (AvgIpc) is 3.03. The fourth-order valence-electron chi connectivity index (χ4n) is 4.52. The SMILES string of the molecule is CCOCCC1(CNC(=O)CC2(CN)CCCCC2)CCCC1. The van der Waals surface area contributed by atoms with Crippen LogP contribution in [0.4, 0.5) is 0 Å². The number of carbonyl (C=O) groups is 1. The van der Waals surface area contributed by atoms with Crippen molar-refractivity contribution >= 4 is 5.91 Å². The molecule has 2 aliphatic carbocycles. The molecule has 1 amide bonds. The molecule has 2 rings (SSSR count). The van der Waals surface area contributed by atoms with Crippen LogP contribution < -0.4 is 11.1 Å². The fourth-order valence-corrected chi connectivity index (χ4v) is 4.52. The third-order valence-corrected chi connectivity index (χ3v) is 6.19. The van der Waals surface area contributed by atoms with E-state index in [2.05, 4.69) is 5.32 Å². The van der Waals surface area contributed by atoms with E-state index in [0.717, 1.165) is 39.0 Å². The summed E-state index contributed by atoms with van der Waals surface area (Å²) in [4.78, 5) is 12.5. The van der Waals surface area contributed by atoms with E-state index in [1.807, 2.05) is 6.92 Å². The maximum atomic E-state index is 12.5. The van der Waals surface area contributed by atoms with Crippen molar-refractivity contribution in [3.05, 3.63) is 0 Å². The highest BCUT2D eigenvalue weighted by Crippen LogP contribution is 2.41. The summed E-state index contributed by atoms with van der Waals surface area (Å²) in [6, 6.07) is 0. The number of hydrogen-bond acceptors (Lipinski definition) is 3. The maximum Gasteiger partial charge on any atom is 0.220 e. The Kier molecular flexibility index (Phi) is 7.35. The van der Waals surface area contributed by atoms with Gasteiger partial charge in [0.1, 0.15) is 0 Å². The van der Waals surface area contributed by atoms with Gasteiger partial charge in [0.05, 0.1) is 0 Å². The molecule has 0 aromatic carbocycles. The molecule has 0 aromatic heterocycles. The quantitative estimate of drug-likeness (QED) is 0.639. The molecule has 0 saturated heterocycles. The first-order valence-electron chi connectivity index (χ1n) is 9.68. The topological polar surface area (TPSA) is 64.3 Å². The molecule has 4 heteroatoms. The lowest BCUT2D eigenvalue weighted by molar-refractivity contribution is -0.124. The zero-order chi connectivity index (χ0) is 16.6. The molecule has 0 radical (unpaired) electrons. The summed E-state index contributed by atoms with van der Waals surface area (Å²) in [5.41, 5.74) is 6.35. The minimum Gasteiger partial charge on any atom is -0.382 e. The summed E-state index contributed by atoms with van der Waals surface area (Å²) < 4.78 is 5.55. The van der Waals surface area contributed by atoms with Crippen molar-refractivity contribution in [2.24, 2.45) is 16.6 Å². The second kappa shape index (κ2) is 9.03. The lowest BCUT2D eigenvalue weighted by Gasteiger charge is -2.36. The summed E-state index contributed by atoms with van der Waals surface area (Å²) in [5, 5.41) is 3.25. The maximum absolute atomic E-state index is 12.5. The first-order valence-corrected chi connectivity index (χ1v) is 9.68. The summed E-state index contributed by atoms with van der Waals surface area (Å²) in [6.07, 6.45) is 12.7. The Labute approximate surface area is 141 Å². The van der Waals surface area contributed by atoms with Crippen LogP contribution in [0.1, 0.15) is 77.6 Å². The van der Waals surface area contributed by atoms with Gasteiger partial charge in [0.15, 0.2) is 0 Å². The number of nitrogens with one attached hydrogen (secondary N) is 1. The van der Waals surface area contributed by atoms with Crippen LogP contribution in [0.25, 0.3) is 0 Å². The molecular weight excluding hydrogens is 288 g/mol. The Balaban J connectivity index is 1.81. The van der Waals surface area contributed by atoms with Gasteiger partial charge in [-0.1, -0.05) is 32.1 Å². The molecule has 2 fully saturated rings. The number of nitrogens with two attached hydrogens (primary N) is 1. The highest BCUT2D eigenvalue weighted by atomic mass is 16.5. The minimum atomic E-state index is 0.0660. The normalized spacial score (nSPS) is 22.9. The van der Waals surface area contributed by atoms with Crippen molar-refractivity contribution in [2.75, 3.05) is 26.3 Å². The minimum absolute atomic E-state index is 0.0660.